The lowest BCUT2D eigenvalue weighted by Crippen LogP contribution is -2.61. The van der Waals surface area contributed by atoms with Crippen molar-refractivity contribution >= 4 is 69.4 Å². The van der Waals surface area contributed by atoms with E-state index in [0.29, 0.717) is 210 Å². The number of carbonyl (C=O) groups excluding carboxylic acids is 6. The van der Waals surface area contributed by atoms with Crippen molar-refractivity contribution in [2.75, 3.05) is 151 Å². The van der Waals surface area contributed by atoms with Crippen LogP contribution in [0.2, 0.25) is 0 Å². The van der Waals surface area contributed by atoms with E-state index in [1.54, 1.807) is 54.1 Å². The van der Waals surface area contributed by atoms with Crippen LogP contribution in [0.15, 0.2) is 94.7 Å². The van der Waals surface area contributed by atoms with Crippen molar-refractivity contribution in [3.05, 3.63) is 107 Å². The van der Waals surface area contributed by atoms with Gasteiger partial charge < -0.3 is 113 Å². The number of nitrogens with two attached hydrogens (primary N) is 2. The summed E-state index contributed by atoms with van der Waals surface area (Å²) in [6, 6.07) is 10.7. The number of aromatic nitrogens is 5. The quantitative estimate of drug-likeness (QED) is 0.00857. The third-order valence-electron chi connectivity index (χ3n) is 24.4. The highest BCUT2D eigenvalue weighted by atomic mass is 16.6. The number of anilines is 2. The fourth-order valence-corrected chi connectivity index (χ4v) is 17.0. The molecule has 10 rings (SSSR count). The molecule has 126 heavy (non-hydrogen) atoms. The Kier molecular flexibility index (Phi) is 39.9. The van der Waals surface area contributed by atoms with E-state index in [0.717, 1.165) is 28.7 Å². The Morgan fingerprint density at radius 1 is 0.698 bits per heavy atom. The molecule has 3 aromatic heterocycles. The van der Waals surface area contributed by atoms with Gasteiger partial charge in [-0.2, -0.15) is 10.1 Å². The van der Waals surface area contributed by atoms with E-state index in [1.165, 1.54) is 16.8 Å². The van der Waals surface area contributed by atoms with Crippen LogP contribution >= 0.6 is 0 Å². The molecular weight excluding hydrogens is 1630 g/mol. The average Bonchev–Trinajstić information content (AvgIpc) is 1.46. The number of aliphatic hydroxyl groups excluding tert-OH is 3. The summed E-state index contributed by atoms with van der Waals surface area (Å²) in [5, 5.41) is 55.0. The van der Waals surface area contributed by atoms with Crippen LogP contribution in [0.5, 0.6) is 0 Å². The minimum atomic E-state index is -2.48. The van der Waals surface area contributed by atoms with Crippen LogP contribution in [-0.4, -0.2) is 291 Å². The summed E-state index contributed by atoms with van der Waals surface area (Å²) in [6.45, 7) is 20.1. The molecule has 5 aliphatic rings. The third-order valence-corrected chi connectivity index (χ3v) is 24.4. The van der Waals surface area contributed by atoms with Crippen molar-refractivity contribution in [3.63, 3.8) is 0 Å². The predicted molar refractivity (Wildman–Crippen MR) is 467 cm³/mol. The second-order valence-electron chi connectivity index (χ2n) is 33.9. The standard InChI is InChI=1S/C92H134N10O24/c1-58-15-11-10-12-16-59(2)76(113-8)53-70-23-18-64(7)92(112,126-70)85(108)88(109)101-29-14-13-17-72(101)89(110)123-77(54-73(103)60(3)48-63(6)83(106)84(107)82(105)62(5)47-58)61(4)49-65-20-24-75(78(51-65)114-9)125-91(111)95-28-32-116-34-36-118-38-40-120-42-44-122-46-45-121-43-41-119-39-37-117-35-33-115-31-27-79(104)100-30-26-67-50-66(19-21-69(67)56-100)55-102-87-80(86(93)96-57-97-87)81(99-102)68-22-25-74-71(52-68)98-90(94)124-74/h10-12,15-16,19,21-22,25,48,50,52,57-58,60-62,64-65,70,72-73,75-78,83-84,103,106-107,112H,13-14,17-18,20,23-24,26-47,49,51,53-56H2,1-9H3,(H2,94,98)(H,95,111)(H2,93,96,97)/b12-10+,15-11+,59-16+,63-48+/t58-,60-,61-,62-,64-,65+,70+,72+,73-,75-,76+,77+,78-,83-,84+,92-/m1/s1. The number of methoxy groups -OCH3 is 2. The topological polar surface area (TPSA) is 444 Å². The number of rotatable bonds is 36. The number of hydrogen-bond acceptors (Lipinski definition) is 30. The molecule has 34 heteroatoms. The molecule has 0 radical (unpaired) electrons. The number of ketones is 2. The molecule has 1 aliphatic carbocycles. The molecule has 16 atom stereocenters. The SMILES string of the molecule is CO[C@H]1C[C@@H]2CC[C@@H](C)[C@@](O)(O2)C(=O)C(=O)N2CCCC[C@H]2C(=O)O[C@H]([C@H](C)C[C@@H]2CC[C@@H](OC(=O)NCCOCCOCCOCCOCCOCCOCCOCCOCCC(=O)N3CCc4cc(Cn5nc(-c6ccc7oc(N)nc7c6)c6c(N)ncnc65)ccc4C3)[C@H](OC)C2)C[C@@H](O)[C@H](C)/C=C(\C)[C@@H](O)[C@@H](O)C(=O)[C@H](C)C[C@H](C)/C=C/C=C/C=C/1C. The largest absolute Gasteiger partial charge is 0.460 e. The Labute approximate surface area is 738 Å². The maximum absolute atomic E-state index is 14.7. The monoisotopic (exact) mass is 1760 g/mol. The van der Waals surface area contributed by atoms with Crippen LogP contribution in [0.1, 0.15) is 149 Å². The van der Waals surface area contributed by atoms with Crippen molar-refractivity contribution in [3.8, 4) is 11.3 Å². The Morgan fingerprint density at radius 2 is 1.37 bits per heavy atom. The van der Waals surface area contributed by atoms with E-state index in [-0.39, 0.29) is 74.7 Å². The number of Topliss-reactive ketones (excluding diaryl/α,β-unsaturated/α-hetero) is 2. The Morgan fingerprint density at radius 3 is 2.05 bits per heavy atom. The molecule has 4 aliphatic heterocycles. The number of benzene rings is 2. The first-order valence-electron chi connectivity index (χ1n) is 44.6. The number of hydrogen-bond donors (Lipinski definition) is 7. The van der Waals surface area contributed by atoms with Crippen LogP contribution in [-0.2, 0) is 105 Å². The zero-order valence-electron chi connectivity index (χ0n) is 74.7. The zero-order valence-corrected chi connectivity index (χ0v) is 74.7. The van der Waals surface area contributed by atoms with Crippen LogP contribution < -0.4 is 16.8 Å². The summed E-state index contributed by atoms with van der Waals surface area (Å²) < 4.78 is 82.7. The summed E-state index contributed by atoms with van der Waals surface area (Å²) in [4.78, 5) is 99.7. The van der Waals surface area contributed by atoms with Gasteiger partial charge in [0.15, 0.2) is 17.0 Å². The molecule has 0 unspecified atom stereocenters. The van der Waals surface area contributed by atoms with Gasteiger partial charge in [0.2, 0.25) is 11.7 Å². The highest BCUT2D eigenvalue weighted by molar-refractivity contribution is 6.39. The molecule has 1 saturated carbocycles. The van der Waals surface area contributed by atoms with Gasteiger partial charge in [-0.05, 0) is 148 Å². The predicted octanol–water partition coefficient (Wildman–Crippen LogP) is 8.32. The van der Waals surface area contributed by atoms with E-state index in [2.05, 4.69) is 38.5 Å². The van der Waals surface area contributed by atoms with Gasteiger partial charge in [-0.3, -0.25) is 19.2 Å². The van der Waals surface area contributed by atoms with Crippen LogP contribution in [0, 0.1) is 35.5 Å². The molecule has 7 heterocycles. The minimum Gasteiger partial charge on any atom is -0.460 e. The lowest BCUT2D eigenvalue weighted by Gasteiger charge is -2.43. The number of oxazole rings is 1. The Hall–Kier alpha value is -8.56. The number of fused-ring (bicyclic) bond motifs is 6. The smallest absolute Gasteiger partial charge is 0.407 e. The first-order valence-corrected chi connectivity index (χ1v) is 44.6. The summed E-state index contributed by atoms with van der Waals surface area (Å²) in [5.41, 5.74) is 19.8. The number of ether oxygens (including phenoxy) is 13. The van der Waals surface area contributed by atoms with Gasteiger partial charge in [0.25, 0.3) is 17.7 Å². The van der Waals surface area contributed by atoms with Gasteiger partial charge >= 0.3 is 12.1 Å². The van der Waals surface area contributed by atoms with E-state index in [9.17, 15) is 49.2 Å². The molecule has 0 spiro atoms. The first-order chi connectivity index (χ1) is 60.7. The fraction of sp³-hybridized carbons (Fsp3) is 0.652. The number of alkyl carbamates (subject to hydrolysis) is 1. The molecular formula is C92H134N10O24. The number of allylic oxidation sites excluding steroid dienone is 5. The molecule has 2 saturated heterocycles. The Balaban J connectivity index is 0.548. The molecule has 696 valence electrons. The summed E-state index contributed by atoms with van der Waals surface area (Å²) in [5.74, 6) is -8.14. The molecule has 2 aromatic carbocycles. The van der Waals surface area contributed by atoms with Gasteiger partial charge in [-0.25, -0.2) is 24.2 Å². The van der Waals surface area contributed by atoms with E-state index < -0.39 is 114 Å². The van der Waals surface area contributed by atoms with Gasteiger partial charge in [-0.1, -0.05) is 89.3 Å². The third kappa shape index (κ3) is 29.0. The second-order valence-corrected chi connectivity index (χ2v) is 33.9. The number of nitrogen functional groups attached to an aromatic ring is 2. The highest BCUT2D eigenvalue weighted by Gasteiger charge is 2.53. The lowest BCUT2D eigenvalue weighted by molar-refractivity contribution is -0.265. The average molecular weight is 1760 g/mol. The number of nitrogens with one attached hydrogen (secondary N) is 1. The number of esters is 1. The molecule has 5 aromatic rings. The summed E-state index contributed by atoms with van der Waals surface area (Å²) in [7, 11) is 3.12. The van der Waals surface area contributed by atoms with Crippen LogP contribution in [0.25, 0.3) is 33.4 Å². The van der Waals surface area contributed by atoms with Crippen LogP contribution in [0.4, 0.5) is 16.6 Å². The number of nitrogens with zero attached hydrogens (tertiary/aromatic N) is 7. The summed E-state index contributed by atoms with van der Waals surface area (Å²) in [6.07, 6.45) is 9.98. The minimum absolute atomic E-state index is 0.00870. The van der Waals surface area contributed by atoms with Crippen molar-refractivity contribution in [1.29, 1.82) is 0 Å². The fourth-order valence-electron chi connectivity index (χ4n) is 17.0. The second kappa shape index (κ2) is 50.4. The van der Waals surface area contributed by atoms with Crippen molar-refractivity contribution in [2.45, 2.75) is 212 Å². The maximum atomic E-state index is 14.7. The molecule has 9 N–H and O–H groups in total. The van der Waals surface area contributed by atoms with E-state index in [4.69, 9.17) is 82.6 Å². The summed E-state index contributed by atoms with van der Waals surface area (Å²) >= 11 is 0. The number of aliphatic hydroxyl groups is 4. The van der Waals surface area contributed by atoms with Gasteiger partial charge in [-0.15, -0.1) is 0 Å². The van der Waals surface area contributed by atoms with Crippen molar-refractivity contribution in [2.24, 2.45) is 35.5 Å². The number of amides is 3. The number of carbonyl (C=O) groups is 6. The van der Waals surface area contributed by atoms with E-state index in [1.807, 2.05) is 72.9 Å². The first kappa shape index (κ1) is 99.6. The molecule has 2 bridgehead atoms. The van der Waals surface area contributed by atoms with Crippen LogP contribution in [0.3, 0.4) is 0 Å². The maximum Gasteiger partial charge on any atom is 0.407 e. The lowest BCUT2D eigenvalue weighted by atomic mass is 9.78. The highest BCUT2D eigenvalue weighted by Crippen LogP contribution is 2.40. The molecule has 3 fully saturated rings. The molecule has 3 amide bonds. The zero-order chi connectivity index (χ0) is 90.2. The molecule has 34 nitrogen and oxygen atoms in total. The van der Waals surface area contributed by atoms with E-state index >= 15 is 0 Å². The van der Waals surface area contributed by atoms with Crippen molar-refractivity contribution in [1.82, 2.24) is 39.8 Å². The van der Waals surface area contributed by atoms with Crippen molar-refractivity contribution < 1.29 is 115 Å². The van der Waals surface area contributed by atoms with Gasteiger partial charge in [0, 0.05) is 76.6 Å². The Bertz CT molecular complexity index is 4440. The number of cyclic esters (lactones) is 1. The van der Waals surface area contributed by atoms with Gasteiger partial charge in [0.1, 0.15) is 53.8 Å². The number of piperidine rings is 1. The normalized spacial score (nSPS) is 27.7. The van der Waals surface area contributed by atoms with Gasteiger partial charge in [0.05, 0.1) is 148 Å².